The van der Waals surface area contributed by atoms with Crippen molar-refractivity contribution in [3.05, 3.63) is 121 Å². The predicted molar refractivity (Wildman–Crippen MR) is 138 cm³/mol. The summed E-state index contributed by atoms with van der Waals surface area (Å²) < 4.78 is 4.76. The van der Waals surface area contributed by atoms with Gasteiger partial charge in [-0.2, -0.15) is 4.57 Å². The van der Waals surface area contributed by atoms with Gasteiger partial charge in [-0.05, 0) is 59.3 Å². The Morgan fingerprint density at radius 2 is 1.36 bits per heavy atom. The molecule has 0 saturated heterocycles. The van der Waals surface area contributed by atoms with Gasteiger partial charge in [0.25, 0.3) is 5.82 Å². The fourth-order valence-corrected chi connectivity index (χ4v) is 4.95. The van der Waals surface area contributed by atoms with Crippen LogP contribution in [0.3, 0.4) is 0 Å². The van der Waals surface area contributed by atoms with E-state index in [1.165, 1.54) is 55.6 Å². The van der Waals surface area contributed by atoms with Crippen molar-refractivity contribution >= 4 is 21.8 Å². The summed E-state index contributed by atoms with van der Waals surface area (Å²) in [6, 6.07) is 41.3. The highest BCUT2D eigenvalue weighted by Gasteiger charge is 2.28. The summed E-state index contributed by atoms with van der Waals surface area (Å²) in [4.78, 5) is 0. The highest BCUT2D eigenvalue weighted by molar-refractivity contribution is 5.94. The summed E-state index contributed by atoms with van der Waals surface area (Å²) in [7, 11) is 2.17. The third kappa shape index (κ3) is 3.15. The molecule has 1 aromatic heterocycles. The first-order chi connectivity index (χ1) is 16.2. The molecule has 0 aliphatic heterocycles. The normalized spacial score (nSPS) is 11.3. The fraction of sp³-hybridized carbons (Fsp3) is 0.0645. The Labute approximate surface area is 194 Å². The minimum atomic E-state index is 1.18. The van der Waals surface area contributed by atoms with E-state index >= 15 is 0 Å². The molecule has 6 rings (SSSR count). The molecule has 0 saturated carbocycles. The van der Waals surface area contributed by atoms with E-state index in [4.69, 9.17) is 0 Å². The molecule has 2 heteroatoms. The maximum atomic E-state index is 2.44. The number of aromatic nitrogens is 2. The molecule has 0 radical (unpaired) electrons. The molecule has 0 fully saturated rings. The fourth-order valence-electron chi connectivity index (χ4n) is 4.95. The van der Waals surface area contributed by atoms with Crippen molar-refractivity contribution in [1.82, 2.24) is 4.57 Å². The van der Waals surface area contributed by atoms with E-state index in [2.05, 4.69) is 138 Å². The lowest BCUT2D eigenvalue weighted by Crippen LogP contribution is -2.30. The summed E-state index contributed by atoms with van der Waals surface area (Å²) in [6.45, 7) is 2.19. The van der Waals surface area contributed by atoms with Crippen LogP contribution in [-0.4, -0.2) is 4.57 Å². The number of rotatable bonds is 3. The Bertz CT molecular complexity index is 1620. The van der Waals surface area contributed by atoms with Crippen molar-refractivity contribution in [3.63, 3.8) is 0 Å². The van der Waals surface area contributed by atoms with Gasteiger partial charge in [-0.1, -0.05) is 84.9 Å². The van der Waals surface area contributed by atoms with Crippen LogP contribution in [0.15, 0.2) is 115 Å². The monoisotopic (exact) mass is 425 g/mol. The smallest absolute Gasteiger partial charge is 0.225 e. The zero-order valence-corrected chi connectivity index (χ0v) is 18.9. The Balaban J connectivity index is 1.76. The van der Waals surface area contributed by atoms with Crippen LogP contribution in [0.4, 0.5) is 0 Å². The van der Waals surface area contributed by atoms with Gasteiger partial charge >= 0.3 is 0 Å². The number of aryl methyl sites for hydroxylation is 2. The first kappa shape index (κ1) is 19.5. The van der Waals surface area contributed by atoms with Crippen molar-refractivity contribution in [2.75, 3.05) is 0 Å². The van der Waals surface area contributed by atoms with Crippen LogP contribution < -0.4 is 4.57 Å². The number of hydrogen-bond acceptors (Lipinski definition) is 0. The van der Waals surface area contributed by atoms with Crippen LogP contribution in [-0.2, 0) is 7.05 Å². The van der Waals surface area contributed by atoms with Crippen molar-refractivity contribution in [2.24, 2.45) is 7.05 Å². The summed E-state index contributed by atoms with van der Waals surface area (Å²) in [5, 5.41) is 2.49. The molecule has 0 aliphatic carbocycles. The second-order valence-electron chi connectivity index (χ2n) is 8.60. The molecule has 5 aromatic carbocycles. The van der Waals surface area contributed by atoms with E-state index in [9.17, 15) is 0 Å². The highest BCUT2D eigenvalue weighted by atomic mass is 15.2. The van der Waals surface area contributed by atoms with E-state index in [0.29, 0.717) is 0 Å². The Morgan fingerprint density at radius 1 is 0.636 bits per heavy atom. The lowest BCUT2D eigenvalue weighted by atomic mass is 10.0. The molecule has 0 atom stereocenters. The number of imidazole rings is 1. The SMILES string of the molecule is Cc1ccccc1-c1n(-c2cccc3ccccc23)c2cc(-c3ccccc3)ccc2[n+]1C. The quantitative estimate of drug-likeness (QED) is 0.264. The lowest BCUT2D eigenvalue weighted by Gasteiger charge is -2.09. The molecule has 0 unspecified atom stereocenters. The molecule has 6 aromatic rings. The van der Waals surface area contributed by atoms with Crippen molar-refractivity contribution in [1.29, 1.82) is 0 Å². The van der Waals surface area contributed by atoms with Crippen LogP contribution in [0.5, 0.6) is 0 Å². The van der Waals surface area contributed by atoms with Crippen LogP contribution in [0.1, 0.15) is 5.56 Å². The molecule has 2 nitrogen and oxygen atoms in total. The number of nitrogens with zero attached hydrogens (tertiary/aromatic N) is 2. The minimum absolute atomic E-state index is 1.18. The average molecular weight is 426 g/mol. The zero-order valence-electron chi connectivity index (χ0n) is 18.9. The van der Waals surface area contributed by atoms with Gasteiger partial charge < -0.3 is 0 Å². The molecular formula is C31H25N2+. The molecule has 1 heterocycles. The second-order valence-corrected chi connectivity index (χ2v) is 8.60. The largest absolute Gasteiger partial charge is 0.295 e. The minimum Gasteiger partial charge on any atom is -0.225 e. The maximum Gasteiger partial charge on any atom is 0.295 e. The molecule has 0 N–H and O–H groups in total. The molecular weight excluding hydrogens is 400 g/mol. The van der Waals surface area contributed by atoms with Gasteiger partial charge in [0, 0.05) is 5.39 Å². The molecule has 158 valence electrons. The lowest BCUT2D eigenvalue weighted by molar-refractivity contribution is -0.633. The summed E-state index contributed by atoms with van der Waals surface area (Å²) >= 11 is 0. The summed E-state index contributed by atoms with van der Waals surface area (Å²) in [5.74, 6) is 1.18. The van der Waals surface area contributed by atoms with E-state index in [1.807, 2.05) is 0 Å². The first-order valence-corrected chi connectivity index (χ1v) is 11.4. The Hall–Kier alpha value is -4.17. The molecule has 0 bridgehead atoms. The summed E-state index contributed by atoms with van der Waals surface area (Å²) in [6.07, 6.45) is 0. The van der Waals surface area contributed by atoms with Gasteiger partial charge in [0.05, 0.1) is 12.6 Å². The second kappa shape index (κ2) is 7.75. The molecule has 0 spiro atoms. The maximum absolute atomic E-state index is 2.44. The zero-order chi connectivity index (χ0) is 22.4. The topological polar surface area (TPSA) is 8.81 Å². The molecule has 0 aliphatic rings. The van der Waals surface area contributed by atoms with Crippen LogP contribution in [0, 0.1) is 6.92 Å². The van der Waals surface area contributed by atoms with Gasteiger partial charge in [0.15, 0.2) is 11.0 Å². The van der Waals surface area contributed by atoms with Gasteiger partial charge in [-0.3, -0.25) is 0 Å². The van der Waals surface area contributed by atoms with Crippen LogP contribution in [0.2, 0.25) is 0 Å². The first-order valence-electron chi connectivity index (χ1n) is 11.4. The third-order valence-corrected chi connectivity index (χ3v) is 6.61. The number of benzene rings is 5. The van der Waals surface area contributed by atoms with E-state index in [1.54, 1.807) is 0 Å². The molecule has 33 heavy (non-hydrogen) atoms. The van der Waals surface area contributed by atoms with Gasteiger partial charge in [-0.15, -0.1) is 0 Å². The predicted octanol–water partition coefficient (Wildman–Crippen LogP) is 7.25. The van der Waals surface area contributed by atoms with Gasteiger partial charge in [0.1, 0.15) is 5.69 Å². The average Bonchev–Trinajstić information content (AvgIpc) is 3.16. The van der Waals surface area contributed by atoms with Gasteiger partial charge in [-0.25, -0.2) is 4.57 Å². The number of hydrogen-bond donors (Lipinski definition) is 0. The Morgan fingerprint density at radius 3 is 2.21 bits per heavy atom. The van der Waals surface area contributed by atoms with Crippen LogP contribution >= 0.6 is 0 Å². The van der Waals surface area contributed by atoms with Crippen molar-refractivity contribution in [2.45, 2.75) is 6.92 Å². The summed E-state index contributed by atoms with van der Waals surface area (Å²) in [5.41, 5.74) is 8.56. The standard InChI is InChI=1S/C31H25N2/c1-22-11-6-8-16-26(22)31-32(2)29-20-19-25(23-12-4-3-5-13-23)21-30(29)33(31)28-18-10-15-24-14-7-9-17-27(24)28/h3-21H,1-2H3/q+1. The van der Waals surface area contributed by atoms with Crippen molar-refractivity contribution < 1.29 is 4.57 Å². The van der Waals surface area contributed by atoms with E-state index < -0.39 is 0 Å². The third-order valence-electron chi connectivity index (χ3n) is 6.61. The molecule has 0 amide bonds. The van der Waals surface area contributed by atoms with Gasteiger partial charge in [0.2, 0.25) is 0 Å². The van der Waals surface area contributed by atoms with E-state index in [-0.39, 0.29) is 0 Å². The Kier molecular flexibility index (Phi) is 4.58. The van der Waals surface area contributed by atoms with Crippen molar-refractivity contribution in [3.8, 4) is 28.2 Å². The van der Waals surface area contributed by atoms with E-state index in [0.717, 1.165) is 0 Å². The highest BCUT2D eigenvalue weighted by Crippen LogP contribution is 2.34. The number of fused-ring (bicyclic) bond motifs is 2. The van der Waals surface area contributed by atoms with Crippen LogP contribution in [0.25, 0.3) is 50.0 Å².